The molecule has 8 heteroatoms. The fraction of sp³-hybridized carbons (Fsp3) is 0.381. The van der Waals surface area contributed by atoms with Crippen molar-refractivity contribution in [1.29, 1.82) is 0 Å². The van der Waals surface area contributed by atoms with Crippen molar-refractivity contribution in [3.8, 4) is 23.1 Å². The molecule has 1 aliphatic rings. The molecule has 0 radical (unpaired) electrons. The summed E-state index contributed by atoms with van der Waals surface area (Å²) in [4.78, 5) is 27.0. The number of aromatic nitrogens is 5. The van der Waals surface area contributed by atoms with Gasteiger partial charge < -0.3 is 14.5 Å². The van der Waals surface area contributed by atoms with Crippen LogP contribution in [0.4, 0.5) is 5.95 Å². The number of hydrogen-bond donors (Lipinski definition) is 0. The lowest BCUT2D eigenvalue weighted by atomic mass is 10.1. The summed E-state index contributed by atoms with van der Waals surface area (Å²) in [5.74, 6) is 2.42. The van der Waals surface area contributed by atoms with Crippen LogP contribution >= 0.6 is 0 Å². The first-order valence-electron chi connectivity index (χ1n) is 9.88. The van der Waals surface area contributed by atoms with Crippen LogP contribution in [0.25, 0.3) is 11.3 Å². The maximum atomic E-state index is 5.97. The highest BCUT2D eigenvalue weighted by Gasteiger charge is 2.19. The van der Waals surface area contributed by atoms with E-state index in [0.29, 0.717) is 29.9 Å². The van der Waals surface area contributed by atoms with Gasteiger partial charge in [0.2, 0.25) is 11.8 Å². The zero-order chi connectivity index (χ0) is 20.2. The Balaban J connectivity index is 1.62. The van der Waals surface area contributed by atoms with Gasteiger partial charge in [-0.2, -0.15) is 19.9 Å². The summed E-state index contributed by atoms with van der Waals surface area (Å²) in [6, 6.07) is 12.0. The van der Waals surface area contributed by atoms with Gasteiger partial charge in [-0.3, -0.25) is 0 Å². The van der Waals surface area contributed by atoms with E-state index in [1.54, 1.807) is 0 Å². The van der Waals surface area contributed by atoms with E-state index in [4.69, 9.17) is 4.74 Å². The molecule has 0 bridgehead atoms. The minimum atomic E-state index is 0.267. The monoisotopic (exact) mass is 391 g/mol. The molecule has 150 valence electrons. The van der Waals surface area contributed by atoms with Crippen LogP contribution in [0.15, 0.2) is 36.4 Å². The summed E-state index contributed by atoms with van der Waals surface area (Å²) < 4.78 is 5.97. The molecule has 1 saturated heterocycles. The SMILES string of the molecule is CCc1nc(Oc2cc(-c3ccccc3)nc(C)n2)nc(N2CCN(C)CC2)n1. The number of nitrogens with zero attached hydrogens (tertiary/aromatic N) is 7. The van der Waals surface area contributed by atoms with Crippen LogP contribution in [-0.2, 0) is 6.42 Å². The molecule has 2 aromatic heterocycles. The largest absolute Gasteiger partial charge is 0.405 e. The first kappa shape index (κ1) is 19.2. The molecule has 0 amide bonds. The van der Waals surface area contributed by atoms with E-state index in [0.717, 1.165) is 37.4 Å². The van der Waals surface area contributed by atoms with Crippen molar-refractivity contribution in [2.24, 2.45) is 0 Å². The predicted molar refractivity (Wildman–Crippen MR) is 111 cm³/mol. The normalized spacial score (nSPS) is 14.8. The highest BCUT2D eigenvalue weighted by atomic mass is 16.5. The van der Waals surface area contributed by atoms with E-state index < -0.39 is 0 Å². The van der Waals surface area contributed by atoms with Crippen LogP contribution in [-0.4, -0.2) is 63.0 Å². The molecule has 0 N–H and O–H groups in total. The van der Waals surface area contributed by atoms with Gasteiger partial charge in [0, 0.05) is 44.2 Å². The lowest BCUT2D eigenvalue weighted by molar-refractivity contribution is 0.310. The number of anilines is 1. The second-order valence-electron chi connectivity index (χ2n) is 7.08. The molecule has 3 aromatic rings. The Hall–Kier alpha value is -3.13. The van der Waals surface area contributed by atoms with Crippen molar-refractivity contribution in [1.82, 2.24) is 29.8 Å². The molecular weight excluding hydrogens is 366 g/mol. The number of rotatable bonds is 5. The number of aryl methyl sites for hydroxylation is 2. The molecule has 0 atom stereocenters. The Bertz CT molecular complexity index is 972. The van der Waals surface area contributed by atoms with Crippen molar-refractivity contribution in [3.63, 3.8) is 0 Å². The zero-order valence-corrected chi connectivity index (χ0v) is 17.0. The van der Waals surface area contributed by atoms with Crippen molar-refractivity contribution in [2.75, 3.05) is 38.1 Å². The molecule has 29 heavy (non-hydrogen) atoms. The van der Waals surface area contributed by atoms with E-state index in [-0.39, 0.29) is 6.01 Å². The topological polar surface area (TPSA) is 80.2 Å². The summed E-state index contributed by atoms with van der Waals surface area (Å²) in [6.07, 6.45) is 0.706. The summed E-state index contributed by atoms with van der Waals surface area (Å²) in [5.41, 5.74) is 1.81. The van der Waals surface area contributed by atoms with Crippen molar-refractivity contribution < 1.29 is 4.74 Å². The van der Waals surface area contributed by atoms with Gasteiger partial charge in [-0.25, -0.2) is 4.98 Å². The standard InChI is InChI=1S/C21H25N7O/c1-4-18-24-20(28-12-10-27(3)11-13-28)26-21(25-18)29-19-14-17(22-15(2)23-19)16-8-6-5-7-9-16/h5-9,14H,4,10-13H2,1-3H3. The Labute approximate surface area is 170 Å². The van der Waals surface area contributed by atoms with Gasteiger partial charge in [-0.05, 0) is 14.0 Å². The Morgan fingerprint density at radius 2 is 1.69 bits per heavy atom. The summed E-state index contributed by atoms with van der Waals surface area (Å²) in [7, 11) is 2.12. The van der Waals surface area contributed by atoms with Crippen LogP contribution in [0.1, 0.15) is 18.6 Å². The third-order valence-corrected chi connectivity index (χ3v) is 4.83. The smallest absolute Gasteiger partial charge is 0.328 e. The van der Waals surface area contributed by atoms with Crippen molar-refractivity contribution in [3.05, 3.63) is 48.0 Å². The van der Waals surface area contributed by atoms with Crippen LogP contribution in [0.5, 0.6) is 11.9 Å². The molecule has 0 saturated carbocycles. The molecule has 3 heterocycles. The van der Waals surface area contributed by atoms with Crippen LogP contribution in [0.2, 0.25) is 0 Å². The lowest BCUT2D eigenvalue weighted by Gasteiger charge is -2.32. The van der Waals surface area contributed by atoms with Crippen LogP contribution < -0.4 is 9.64 Å². The molecule has 1 aliphatic heterocycles. The summed E-state index contributed by atoms with van der Waals surface area (Å²) in [6.45, 7) is 7.60. The Morgan fingerprint density at radius 3 is 2.41 bits per heavy atom. The number of ether oxygens (including phenoxy) is 1. The third kappa shape index (κ3) is 4.65. The third-order valence-electron chi connectivity index (χ3n) is 4.83. The zero-order valence-electron chi connectivity index (χ0n) is 17.0. The van der Waals surface area contributed by atoms with Gasteiger partial charge in [0.1, 0.15) is 11.6 Å². The second-order valence-corrected chi connectivity index (χ2v) is 7.08. The average molecular weight is 391 g/mol. The number of likely N-dealkylation sites (N-methyl/N-ethyl adjacent to an activating group) is 1. The Kier molecular flexibility index (Phi) is 5.62. The quantitative estimate of drug-likeness (QED) is 0.657. The molecule has 8 nitrogen and oxygen atoms in total. The van der Waals surface area contributed by atoms with Gasteiger partial charge in [0.15, 0.2) is 0 Å². The molecule has 1 aromatic carbocycles. The molecule has 4 rings (SSSR count). The minimum absolute atomic E-state index is 0.267. The minimum Gasteiger partial charge on any atom is -0.405 e. The van der Waals surface area contributed by atoms with Gasteiger partial charge in [0.25, 0.3) is 0 Å². The van der Waals surface area contributed by atoms with Crippen molar-refractivity contribution in [2.45, 2.75) is 20.3 Å². The maximum Gasteiger partial charge on any atom is 0.328 e. The van der Waals surface area contributed by atoms with E-state index in [1.165, 1.54) is 0 Å². The average Bonchev–Trinajstić information content (AvgIpc) is 2.74. The first-order chi connectivity index (χ1) is 14.1. The molecule has 0 aliphatic carbocycles. The summed E-state index contributed by atoms with van der Waals surface area (Å²) >= 11 is 0. The highest BCUT2D eigenvalue weighted by molar-refractivity contribution is 5.59. The van der Waals surface area contributed by atoms with Gasteiger partial charge in [0.05, 0.1) is 5.69 Å². The van der Waals surface area contributed by atoms with E-state index in [2.05, 4.69) is 41.8 Å². The van der Waals surface area contributed by atoms with Crippen molar-refractivity contribution >= 4 is 5.95 Å². The lowest BCUT2D eigenvalue weighted by Crippen LogP contribution is -2.45. The van der Waals surface area contributed by atoms with E-state index in [9.17, 15) is 0 Å². The highest BCUT2D eigenvalue weighted by Crippen LogP contribution is 2.24. The molecule has 0 unspecified atom stereocenters. The van der Waals surface area contributed by atoms with E-state index in [1.807, 2.05) is 50.2 Å². The molecular formula is C21H25N7O. The number of benzene rings is 1. The second kappa shape index (κ2) is 8.48. The number of piperazine rings is 1. The first-order valence-corrected chi connectivity index (χ1v) is 9.88. The van der Waals surface area contributed by atoms with Crippen LogP contribution in [0, 0.1) is 6.92 Å². The Morgan fingerprint density at radius 1 is 0.931 bits per heavy atom. The van der Waals surface area contributed by atoms with Gasteiger partial charge in [-0.15, -0.1) is 0 Å². The fourth-order valence-electron chi connectivity index (χ4n) is 3.18. The number of hydrogen-bond acceptors (Lipinski definition) is 8. The molecule has 1 fully saturated rings. The van der Waals surface area contributed by atoms with Gasteiger partial charge >= 0.3 is 6.01 Å². The molecule has 0 spiro atoms. The predicted octanol–water partition coefficient (Wildman–Crippen LogP) is 2.74. The summed E-state index contributed by atoms with van der Waals surface area (Å²) in [5, 5.41) is 0. The van der Waals surface area contributed by atoms with Crippen LogP contribution in [0.3, 0.4) is 0 Å². The maximum absolute atomic E-state index is 5.97. The fourth-order valence-corrected chi connectivity index (χ4v) is 3.18. The van der Waals surface area contributed by atoms with E-state index >= 15 is 0 Å². The van der Waals surface area contributed by atoms with Gasteiger partial charge in [-0.1, -0.05) is 37.3 Å².